The predicted molar refractivity (Wildman–Crippen MR) is 78.1 cm³/mol. The van der Waals surface area contributed by atoms with Crippen LogP contribution in [-0.2, 0) is 0 Å². The second-order valence-electron chi connectivity index (χ2n) is 4.96. The van der Waals surface area contributed by atoms with Crippen molar-refractivity contribution in [3.8, 4) is 6.07 Å². The van der Waals surface area contributed by atoms with Gasteiger partial charge in [-0.2, -0.15) is 5.26 Å². The normalized spacial score (nSPS) is 14.4. The highest BCUT2D eigenvalue weighted by atomic mass is 32.1. The van der Waals surface area contributed by atoms with E-state index in [2.05, 4.69) is 18.3 Å². The molecule has 0 spiro atoms. The molecule has 0 radical (unpaired) electrons. The molecule has 1 aromatic heterocycles. The zero-order valence-electron chi connectivity index (χ0n) is 11.0. The van der Waals surface area contributed by atoms with E-state index in [0.717, 1.165) is 17.2 Å². The van der Waals surface area contributed by atoms with Gasteiger partial charge in [0, 0.05) is 12.1 Å². The molecular formula is C14H21N3S. The molecule has 0 aromatic carbocycles. The average Bonchev–Trinajstić information content (AvgIpc) is 3.14. The van der Waals surface area contributed by atoms with Gasteiger partial charge < -0.3 is 11.1 Å². The fourth-order valence-electron chi connectivity index (χ4n) is 2.20. The van der Waals surface area contributed by atoms with Crippen molar-refractivity contribution < 1.29 is 0 Å². The van der Waals surface area contributed by atoms with Gasteiger partial charge in [-0.3, -0.25) is 0 Å². The zero-order valence-corrected chi connectivity index (χ0v) is 11.8. The van der Waals surface area contributed by atoms with Gasteiger partial charge in [0.25, 0.3) is 0 Å². The number of nitrogens with two attached hydrogens (primary N) is 1. The molecule has 0 unspecified atom stereocenters. The number of hydrogen-bond acceptors (Lipinski definition) is 4. The molecule has 0 aliphatic heterocycles. The van der Waals surface area contributed by atoms with E-state index in [1.165, 1.54) is 55.4 Å². The molecule has 3 N–H and O–H groups in total. The Morgan fingerprint density at radius 3 is 2.78 bits per heavy atom. The van der Waals surface area contributed by atoms with Crippen LogP contribution >= 0.6 is 11.3 Å². The van der Waals surface area contributed by atoms with Gasteiger partial charge in [0.1, 0.15) is 10.9 Å². The SMILES string of the molecule is CCCCCCNc1sc(C#N)c(N)c1C1CC1. The van der Waals surface area contributed by atoms with E-state index in [1.807, 2.05) is 0 Å². The van der Waals surface area contributed by atoms with Crippen LogP contribution in [0.4, 0.5) is 10.7 Å². The largest absolute Gasteiger partial charge is 0.397 e. The van der Waals surface area contributed by atoms with Crippen molar-refractivity contribution in [1.29, 1.82) is 5.26 Å². The van der Waals surface area contributed by atoms with Crippen molar-refractivity contribution in [3.63, 3.8) is 0 Å². The quantitative estimate of drug-likeness (QED) is 0.729. The molecule has 1 aromatic rings. The minimum absolute atomic E-state index is 0.599. The molecule has 0 bridgehead atoms. The number of nitrogens with zero attached hydrogens (tertiary/aromatic N) is 1. The smallest absolute Gasteiger partial charge is 0.130 e. The Kier molecular flexibility index (Phi) is 4.48. The van der Waals surface area contributed by atoms with Crippen LogP contribution in [0.1, 0.15) is 61.8 Å². The summed E-state index contributed by atoms with van der Waals surface area (Å²) in [5.74, 6) is 0.599. The lowest BCUT2D eigenvalue weighted by Gasteiger charge is -2.07. The summed E-state index contributed by atoms with van der Waals surface area (Å²) in [6, 6.07) is 2.20. The molecule has 0 atom stereocenters. The number of anilines is 2. The van der Waals surface area contributed by atoms with Crippen LogP contribution in [0.5, 0.6) is 0 Å². The lowest BCUT2D eigenvalue weighted by Crippen LogP contribution is -2.02. The average molecular weight is 263 g/mol. The highest BCUT2D eigenvalue weighted by Crippen LogP contribution is 2.50. The molecule has 18 heavy (non-hydrogen) atoms. The van der Waals surface area contributed by atoms with Gasteiger partial charge in [0.15, 0.2) is 0 Å². The molecule has 4 heteroatoms. The van der Waals surface area contributed by atoms with Crippen molar-refractivity contribution in [2.24, 2.45) is 0 Å². The summed E-state index contributed by atoms with van der Waals surface area (Å²) in [5, 5.41) is 13.7. The number of thiophene rings is 1. The third-order valence-electron chi connectivity index (χ3n) is 3.39. The molecule has 1 saturated carbocycles. The molecule has 3 nitrogen and oxygen atoms in total. The van der Waals surface area contributed by atoms with Crippen molar-refractivity contribution in [3.05, 3.63) is 10.4 Å². The van der Waals surface area contributed by atoms with Gasteiger partial charge >= 0.3 is 0 Å². The Labute approximate surface area is 113 Å². The standard InChI is InChI=1S/C14H21N3S/c1-2-3-4-5-8-17-14-12(10-6-7-10)13(16)11(9-15)18-14/h10,17H,2-8,16H2,1H3. The van der Waals surface area contributed by atoms with E-state index in [4.69, 9.17) is 11.0 Å². The van der Waals surface area contributed by atoms with Crippen LogP contribution in [0.15, 0.2) is 0 Å². The Morgan fingerprint density at radius 2 is 2.17 bits per heavy atom. The lowest BCUT2D eigenvalue weighted by atomic mass is 10.1. The van der Waals surface area contributed by atoms with Crippen LogP contribution < -0.4 is 11.1 Å². The van der Waals surface area contributed by atoms with Crippen LogP contribution in [-0.4, -0.2) is 6.54 Å². The number of nitrogen functional groups attached to an aromatic ring is 1. The van der Waals surface area contributed by atoms with Crippen LogP contribution in [0.2, 0.25) is 0 Å². The maximum Gasteiger partial charge on any atom is 0.130 e. The van der Waals surface area contributed by atoms with Crippen LogP contribution in [0.3, 0.4) is 0 Å². The maximum absolute atomic E-state index is 9.05. The number of unbranched alkanes of at least 4 members (excludes halogenated alkanes) is 3. The monoisotopic (exact) mass is 263 g/mol. The molecule has 1 aliphatic rings. The van der Waals surface area contributed by atoms with Crippen molar-refractivity contribution >= 4 is 22.0 Å². The van der Waals surface area contributed by atoms with E-state index in [1.54, 1.807) is 0 Å². The van der Waals surface area contributed by atoms with Crippen LogP contribution in [0, 0.1) is 11.3 Å². The third-order valence-corrected chi connectivity index (χ3v) is 4.47. The van der Waals surface area contributed by atoms with E-state index >= 15 is 0 Å². The van der Waals surface area contributed by atoms with Gasteiger partial charge in [0.2, 0.25) is 0 Å². The second-order valence-corrected chi connectivity index (χ2v) is 5.98. The lowest BCUT2D eigenvalue weighted by molar-refractivity contribution is 0.685. The number of nitrogens with one attached hydrogen (secondary N) is 1. The fourth-order valence-corrected chi connectivity index (χ4v) is 3.23. The first-order valence-electron chi connectivity index (χ1n) is 6.84. The Hall–Kier alpha value is -1.21. The molecular weight excluding hydrogens is 242 g/mol. The van der Waals surface area contributed by atoms with Gasteiger partial charge in [-0.05, 0) is 25.2 Å². The molecule has 0 amide bonds. The Balaban J connectivity index is 1.97. The topological polar surface area (TPSA) is 61.8 Å². The van der Waals surface area contributed by atoms with Gasteiger partial charge in [-0.15, -0.1) is 11.3 Å². The summed E-state index contributed by atoms with van der Waals surface area (Å²) in [6.07, 6.45) is 7.46. The molecule has 1 heterocycles. The summed E-state index contributed by atoms with van der Waals surface area (Å²) >= 11 is 1.52. The Bertz CT molecular complexity index is 441. The van der Waals surface area contributed by atoms with Crippen molar-refractivity contribution in [2.45, 2.75) is 51.4 Å². The van der Waals surface area contributed by atoms with E-state index in [9.17, 15) is 0 Å². The highest BCUT2D eigenvalue weighted by Gasteiger charge is 2.31. The molecule has 1 aliphatic carbocycles. The molecule has 1 fully saturated rings. The van der Waals surface area contributed by atoms with E-state index in [-0.39, 0.29) is 0 Å². The summed E-state index contributed by atoms with van der Waals surface area (Å²) in [4.78, 5) is 0.674. The van der Waals surface area contributed by atoms with Crippen LogP contribution in [0.25, 0.3) is 0 Å². The molecule has 98 valence electrons. The molecule has 0 saturated heterocycles. The summed E-state index contributed by atoms with van der Waals surface area (Å²) in [5.41, 5.74) is 7.99. The van der Waals surface area contributed by atoms with Gasteiger partial charge in [-0.1, -0.05) is 26.2 Å². The van der Waals surface area contributed by atoms with E-state index in [0.29, 0.717) is 10.8 Å². The third kappa shape index (κ3) is 2.97. The van der Waals surface area contributed by atoms with Crippen molar-refractivity contribution in [1.82, 2.24) is 0 Å². The highest BCUT2D eigenvalue weighted by molar-refractivity contribution is 7.17. The summed E-state index contributed by atoms with van der Waals surface area (Å²) < 4.78 is 0. The fraction of sp³-hybridized carbons (Fsp3) is 0.643. The maximum atomic E-state index is 9.05. The minimum atomic E-state index is 0.599. The predicted octanol–water partition coefficient (Wildman–Crippen LogP) is 4.07. The number of rotatable bonds is 7. The first-order valence-corrected chi connectivity index (χ1v) is 7.65. The second kappa shape index (κ2) is 6.10. The Morgan fingerprint density at radius 1 is 1.39 bits per heavy atom. The number of nitriles is 1. The first-order chi connectivity index (χ1) is 8.77. The summed E-state index contributed by atoms with van der Waals surface area (Å²) in [7, 11) is 0. The number of hydrogen-bond donors (Lipinski definition) is 2. The summed E-state index contributed by atoms with van der Waals surface area (Å²) in [6.45, 7) is 3.21. The molecule has 2 rings (SSSR count). The minimum Gasteiger partial charge on any atom is -0.397 e. The zero-order chi connectivity index (χ0) is 13.0. The first kappa shape index (κ1) is 13.2. The van der Waals surface area contributed by atoms with Gasteiger partial charge in [0.05, 0.1) is 10.7 Å². The van der Waals surface area contributed by atoms with Crippen molar-refractivity contribution in [2.75, 3.05) is 17.6 Å². The van der Waals surface area contributed by atoms with Gasteiger partial charge in [-0.25, -0.2) is 0 Å². The van der Waals surface area contributed by atoms with E-state index < -0.39 is 0 Å².